The van der Waals surface area contributed by atoms with Crippen molar-refractivity contribution in [3.63, 3.8) is 0 Å². The maximum absolute atomic E-state index is 12.9. The molecular weight excluding hydrogens is 501 g/mol. The van der Waals surface area contributed by atoms with E-state index >= 15 is 0 Å². The van der Waals surface area contributed by atoms with Gasteiger partial charge in [0.25, 0.3) is 0 Å². The minimum atomic E-state index is -4.47. The molecule has 0 aromatic carbocycles. The van der Waals surface area contributed by atoms with Crippen molar-refractivity contribution in [1.29, 1.82) is 0 Å². The first-order valence-corrected chi connectivity index (χ1v) is 12.1. The molecule has 2 N–H and O–H groups in total. The topological polar surface area (TPSA) is 110 Å². The molecule has 0 radical (unpaired) electrons. The number of likely N-dealkylation sites (N-methyl/N-ethyl adjacent to an activating group) is 1. The van der Waals surface area contributed by atoms with Crippen molar-refractivity contribution in [2.45, 2.75) is 71.6 Å². The second kappa shape index (κ2) is 10.2. The highest BCUT2D eigenvalue weighted by molar-refractivity contribution is 6.03. The second-order valence-electron chi connectivity index (χ2n) is 10.3. The van der Waals surface area contributed by atoms with E-state index in [1.54, 1.807) is 35.9 Å². The highest BCUT2D eigenvalue weighted by Crippen LogP contribution is 2.34. The Labute approximate surface area is 218 Å². The van der Waals surface area contributed by atoms with Gasteiger partial charge in [-0.1, -0.05) is 6.07 Å². The van der Waals surface area contributed by atoms with E-state index in [-0.39, 0.29) is 18.6 Å². The molecule has 0 fully saturated rings. The van der Waals surface area contributed by atoms with E-state index in [9.17, 15) is 18.0 Å². The molecule has 4 heterocycles. The summed E-state index contributed by atoms with van der Waals surface area (Å²) in [4.78, 5) is 27.3. The van der Waals surface area contributed by atoms with Gasteiger partial charge in [0.1, 0.15) is 17.4 Å². The van der Waals surface area contributed by atoms with Crippen LogP contribution in [0.2, 0.25) is 0 Å². The van der Waals surface area contributed by atoms with Crippen molar-refractivity contribution in [2.75, 3.05) is 22.6 Å². The number of aromatic nitrogens is 5. The molecule has 1 aliphatic heterocycles. The Bertz CT molecular complexity index is 1300. The normalized spacial score (nSPS) is 16.7. The Morgan fingerprint density at radius 3 is 2.53 bits per heavy atom. The number of fused-ring (bicyclic) bond motifs is 1. The number of alkyl halides is 3. The van der Waals surface area contributed by atoms with Crippen molar-refractivity contribution in [3.05, 3.63) is 53.2 Å². The van der Waals surface area contributed by atoms with Crippen LogP contribution in [0.4, 0.5) is 30.6 Å². The van der Waals surface area contributed by atoms with Crippen molar-refractivity contribution < 1.29 is 22.7 Å². The molecule has 38 heavy (non-hydrogen) atoms. The van der Waals surface area contributed by atoms with Gasteiger partial charge in [0.05, 0.1) is 30.1 Å². The van der Waals surface area contributed by atoms with Gasteiger partial charge in [0, 0.05) is 31.5 Å². The highest BCUT2D eigenvalue weighted by atomic mass is 19.4. The van der Waals surface area contributed by atoms with Gasteiger partial charge in [-0.05, 0) is 46.2 Å². The molecule has 0 aliphatic carbocycles. The van der Waals surface area contributed by atoms with Gasteiger partial charge in [0.2, 0.25) is 11.9 Å². The Kier molecular flexibility index (Phi) is 7.33. The van der Waals surface area contributed by atoms with E-state index in [2.05, 4.69) is 30.7 Å². The molecule has 204 valence electrons. The third-order valence-corrected chi connectivity index (χ3v) is 5.92. The van der Waals surface area contributed by atoms with Crippen LogP contribution in [-0.4, -0.2) is 55.4 Å². The van der Waals surface area contributed by atoms with Crippen molar-refractivity contribution in [3.8, 4) is 0 Å². The summed E-state index contributed by atoms with van der Waals surface area (Å²) in [6, 6.07) is 1.77. The SMILES string of the molecule is Cc1nc(NCc2cnn(Cc3ccc(C(F)(F)F)nc3)c2)nc2c1NC(=O)[C@H]([C@@H](C)OC(C)(C)C)N2C. The summed E-state index contributed by atoms with van der Waals surface area (Å²) in [7, 11) is 1.81. The first-order valence-electron chi connectivity index (χ1n) is 12.1. The number of aryl methyl sites for hydroxylation is 1. The Hall–Kier alpha value is -3.74. The molecular formula is C25H31F3N8O2. The number of carbonyl (C=O) groups is 1. The van der Waals surface area contributed by atoms with E-state index in [0.29, 0.717) is 35.3 Å². The van der Waals surface area contributed by atoms with Gasteiger partial charge >= 0.3 is 6.18 Å². The largest absolute Gasteiger partial charge is 0.433 e. The first kappa shape index (κ1) is 27.3. The number of amides is 1. The molecule has 1 aliphatic rings. The average Bonchev–Trinajstić information content (AvgIpc) is 3.24. The van der Waals surface area contributed by atoms with Crippen molar-refractivity contribution in [2.24, 2.45) is 0 Å². The molecule has 10 nitrogen and oxygen atoms in total. The number of pyridine rings is 1. The molecule has 3 aromatic rings. The number of rotatable bonds is 7. The summed E-state index contributed by atoms with van der Waals surface area (Å²) in [5.74, 6) is 0.784. The lowest BCUT2D eigenvalue weighted by Crippen LogP contribution is -2.54. The molecule has 0 saturated heterocycles. The fourth-order valence-corrected chi connectivity index (χ4v) is 4.33. The van der Waals surface area contributed by atoms with E-state index in [1.165, 1.54) is 12.3 Å². The summed E-state index contributed by atoms with van der Waals surface area (Å²) >= 11 is 0. The third kappa shape index (κ3) is 6.21. The monoisotopic (exact) mass is 532 g/mol. The maximum atomic E-state index is 12.9. The molecule has 4 rings (SSSR count). The quantitative estimate of drug-likeness (QED) is 0.470. The van der Waals surface area contributed by atoms with Crippen LogP contribution in [0.25, 0.3) is 0 Å². The number of ether oxygens (including phenoxy) is 1. The van der Waals surface area contributed by atoms with E-state index in [4.69, 9.17) is 4.74 Å². The minimum absolute atomic E-state index is 0.181. The maximum Gasteiger partial charge on any atom is 0.433 e. The van der Waals surface area contributed by atoms with E-state index in [0.717, 1.165) is 11.6 Å². The summed E-state index contributed by atoms with van der Waals surface area (Å²) in [5.41, 5.74) is 1.25. The van der Waals surface area contributed by atoms with Crippen molar-refractivity contribution in [1.82, 2.24) is 24.7 Å². The number of nitrogens with zero attached hydrogens (tertiary/aromatic N) is 6. The lowest BCUT2D eigenvalue weighted by molar-refractivity contribution is -0.141. The smallest absolute Gasteiger partial charge is 0.370 e. The summed E-state index contributed by atoms with van der Waals surface area (Å²) in [5, 5.41) is 10.4. The predicted octanol–water partition coefficient (Wildman–Crippen LogP) is 4.02. The number of nitrogens with one attached hydrogen (secondary N) is 2. The van der Waals surface area contributed by atoms with Gasteiger partial charge in [-0.3, -0.25) is 14.5 Å². The zero-order valence-electron chi connectivity index (χ0n) is 22.1. The fraction of sp³-hybridized carbons (Fsp3) is 0.480. The summed E-state index contributed by atoms with van der Waals surface area (Å²) in [6.07, 6.45) is -0.222. The lowest BCUT2D eigenvalue weighted by atomic mass is 10.1. The van der Waals surface area contributed by atoms with E-state index in [1.807, 2.05) is 27.7 Å². The fourth-order valence-electron chi connectivity index (χ4n) is 4.33. The van der Waals surface area contributed by atoms with Gasteiger partial charge in [-0.15, -0.1) is 0 Å². The van der Waals surface area contributed by atoms with Crippen LogP contribution in [0.3, 0.4) is 0 Å². The number of hydrogen-bond donors (Lipinski definition) is 2. The molecule has 3 aromatic heterocycles. The predicted molar refractivity (Wildman–Crippen MR) is 136 cm³/mol. The second-order valence-corrected chi connectivity index (χ2v) is 10.3. The zero-order valence-corrected chi connectivity index (χ0v) is 22.1. The molecule has 0 saturated carbocycles. The Balaban J connectivity index is 1.44. The summed E-state index contributed by atoms with van der Waals surface area (Å²) in [6.45, 7) is 10.1. The Morgan fingerprint density at radius 1 is 1.16 bits per heavy atom. The molecule has 2 atom stereocenters. The number of carbonyl (C=O) groups excluding carboxylic acids is 1. The van der Waals surface area contributed by atoms with Gasteiger partial charge in [-0.25, -0.2) is 4.98 Å². The molecule has 1 amide bonds. The first-order chi connectivity index (χ1) is 17.7. The van der Waals surface area contributed by atoms with Crippen LogP contribution in [-0.2, 0) is 28.8 Å². The average molecular weight is 533 g/mol. The van der Waals surface area contributed by atoms with Gasteiger partial charge < -0.3 is 20.3 Å². The number of halogens is 3. The highest BCUT2D eigenvalue weighted by Gasteiger charge is 2.39. The van der Waals surface area contributed by atoms with E-state index < -0.39 is 23.5 Å². The summed E-state index contributed by atoms with van der Waals surface area (Å²) < 4.78 is 45.8. The molecule has 13 heteroatoms. The zero-order chi connectivity index (χ0) is 27.8. The Morgan fingerprint density at radius 2 is 1.89 bits per heavy atom. The molecule has 0 unspecified atom stereocenters. The van der Waals surface area contributed by atoms with Crippen molar-refractivity contribution >= 4 is 23.4 Å². The number of anilines is 3. The van der Waals surface area contributed by atoms with Crippen LogP contribution in [0.1, 0.15) is 50.2 Å². The van der Waals surface area contributed by atoms with Crippen LogP contribution in [0.15, 0.2) is 30.7 Å². The van der Waals surface area contributed by atoms with Crippen LogP contribution >= 0.6 is 0 Å². The minimum Gasteiger partial charge on any atom is -0.370 e. The van der Waals surface area contributed by atoms with Crippen LogP contribution in [0.5, 0.6) is 0 Å². The third-order valence-electron chi connectivity index (χ3n) is 5.92. The van der Waals surface area contributed by atoms with Crippen LogP contribution < -0.4 is 15.5 Å². The van der Waals surface area contributed by atoms with Gasteiger partial charge in [0.15, 0.2) is 5.82 Å². The molecule has 0 spiro atoms. The van der Waals surface area contributed by atoms with Crippen LogP contribution in [0, 0.1) is 6.92 Å². The lowest BCUT2D eigenvalue weighted by Gasteiger charge is -2.39. The molecule has 0 bridgehead atoms. The number of hydrogen-bond acceptors (Lipinski definition) is 8. The van der Waals surface area contributed by atoms with Gasteiger partial charge in [-0.2, -0.15) is 23.3 Å². The standard InChI is InChI=1S/C25H31F3N8O2/c1-14-19-21(35(6)20(22(37)33-19)15(2)38-24(3,4)5)34-23(32-14)30-10-17-11-31-36(13-17)12-16-7-8-18(29-9-16)25(26,27)28/h7-9,11,13,15,20H,10,12H2,1-6H3,(H,33,37)(H,30,32,34)/t15-,20+/m1/s1.